The molecule has 7 heteroatoms. The van der Waals surface area contributed by atoms with Gasteiger partial charge in [0.25, 0.3) is 0 Å². The van der Waals surface area contributed by atoms with Gasteiger partial charge in [0.2, 0.25) is 5.91 Å². The van der Waals surface area contributed by atoms with Crippen LogP contribution in [0.3, 0.4) is 0 Å². The molecule has 1 amide bonds. The van der Waals surface area contributed by atoms with Gasteiger partial charge in [0.1, 0.15) is 11.6 Å². The predicted molar refractivity (Wildman–Crippen MR) is 131 cm³/mol. The summed E-state index contributed by atoms with van der Waals surface area (Å²) >= 11 is 0. The molecule has 3 aromatic rings. The summed E-state index contributed by atoms with van der Waals surface area (Å²) in [7, 11) is -3.40. The molecule has 1 spiro atoms. The normalized spacial score (nSPS) is 22.9. The lowest BCUT2D eigenvalue weighted by Gasteiger charge is -2.19. The molecular weight excluding hydrogens is 465 g/mol. The van der Waals surface area contributed by atoms with Crippen molar-refractivity contribution >= 4 is 27.2 Å². The number of benzene rings is 3. The van der Waals surface area contributed by atoms with E-state index in [4.69, 9.17) is 0 Å². The Morgan fingerprint density at radius 3 is 2.49 bits per heavy atom. The molecule has 1 heterocycles. The fourth-order valence-corrected chi connectivity index (χ4v) is 7.06. The van der Waals surface area contributed by atoms with Crippen LogP contribution in [0.5, 0.6) is 0 Å². The highest BCUT2D eigenvalue weighted by atomic mass is 32.2. The third-order valence-electron chi connectivity index (χ3n) is 7.49. The van der Waals surface area contributed by atoms with Crippen LogP contribution in [0.1, 0.15) is 52.2 Å². The second-order valence-corrected chi connectivity index (χ2v) is 12.1. The number of sulfone groups is 1. The molecule has 2 saturated carbocycles. The van der Waals surface area contributed by atoms with Crippen molar-refractivity contribution < 1.29 is 22.4 Å². The molecule has 35 heavy (non-hydrogen) atoms. The second kappa shape index (κ2) is 7.85. The summed E-state index contributed by atoms with van der Waals surface area (Å²) in [5.74, 6) is -1.21. The standard InChI is InChI=1S/C28H24FNO4S/c29-21-10-8-19(9-11-21)24-15-28(24)23-6-1-2-7-25(23)30(27(28)32)16-18-4-3-5-20(14-18)26(31)17-35(33,34)22-12-13-22/h1-11,14,22,24H,12-13,15-17H2/t24-,28-/m0/s1. The first-order chi connectivity index (χ1) is 16.8. The average Bonchev–Trinajstić information content (AvgIpc) is 3.76. The first-order valence-corrected chi connectivity index (χ1v) is 13.5. The lowest BCUT2D eigenvalue weighted by molar-refractivity contribution is -0.120. The van der Waals surface area contributed by atoms with Crippen LogP contribution in [0, 0.1) is 5.82 Å². The minimum atomic E-state index is -3.40. The van der Waals surface area contributed by atoms with Crippen molar-refractivity contribution in [1.82, 2.24) is 0 Å². The Labute approximate surface area is 203 Å². The van der Waals surface area contributed by atoms with Gasteiger partial charge in [-0.05, 0) is 60.2 Å². The zero-order chi connectivity index (χ0) is 24.4. The largest absolute Gasteiger partial charge is 0.307 e. The van der Waals surface area contributed by atoms with E-state index in [1.54, 1.807) is 35.2 Å². The van der Waals surface area contributed by atoms with Gasteiger partial charge in [-0.2, -0.15) is 0 Å². The Kier molecular flexibility index (Phi) is 4.97. The molecule has 3 aromatic carbocycles. The zero-order valence-corrected chi connectivity index (χ0v) is 19.8. The topological polar surface area (TPSA) is 71.5 Å². The summed E-state index contributed by atoms with van der Waals surface area (Å²) in [6.07, 6.45) is 1.93. The van der Waals surface area contributed by atoms with Gasteiger partial charge in [-0.3, -0.25) is 9.59 Å². The summed E-state index contributed by atoms with van der Waals surface area (Å²) in [4.78, 5) is 28.2. The molecule has 2 atom stereocenters. The fraction of sp³-hybridized carbons (Fsp3) is 0.286. The van der Waals surface area contributed by atoms with Crippen LogP contribution in [-0.4, -0.2) is 31.1 Å². The van der Waals surface area contributed by atoms with E-state index in [-0.39, 0.29) is 29.4 Å². The molecule has 0 aromatic heterocycles. The molecular formula is C28H24FNO4S. The first-order valence-electron chi connectivity index (χ1n) is 11.8. The first kappa shape index (κ1) is 22.2. The van der Waals surface area contributed by atoms with Gasteiger partial charge in [0, 0.05) is 17.2 Å². The molecule has 178 valence electrons. The van der Waals surface area contributed by atoms with Crippen LogP contribution in [0.2, 0.25) is 0 Å². The maximum Gasteiger partial charge on any atom is 0.238 e. The smallest absolute Gasteiger partial charge is 0.238 e. The van der Waals surface area contributed by atoms with Gasteiger partial charge >= 0.3 is 0 Å². The van der Waals surface area contributed by atoms with Crippen LogP contribution in [0.25, 0.3) is 0 Å². The molecule has 5 nitrogen and oxygen atoms in total. The molecule has 2 fully saturated rings. The second-order valence-electron chi connectivity index (χ2n) is 9.82. The monoisotopic (exact) mass is 489 g/mol. The van der Waals surface area contributed by atoms with Gasteiger partial charge in [-0.25, -0.2) is 12.8 Å². The number of halogens is 1. The number of carbonyl (C=O) groups is 2. The molecule has 0 radical (unpaired) electrons. The van der Waals surface area contributed by atoms with Crippen LogP contribution in [0.4, 0.5) is 10.1 Å². The number of anilines is 1. The van der Waals surface area contributed by atoms with Gasteiger partial charge in [-0.15, -0.1) is 0 Å². The number of para-hydroxylation sites is 1. The molecule has 0 N–H and O–H groups in total. The van der Waals surface area contributed by atoms with Crippen molar-refractivity contribution in [2.45, 2.75) is 42.4 Å². The third kappa shape index (κ3) is 3.69. The van der Waals surface area contributed by atoms with E-state index in [2.05, 4.69) is 0 Å². The number of hydrogen-bond donors (Lipinski definition) is 0. The van der Waals surface area contributed by atoms with Gasteiger partial charge in [0.15, 0.2) is 15.6 Å². The van der Waals surface area contributed by atoms with E-state index >= 15 is 0 Å². The van der Waals surface area contributed by atoms with Crippen LogP contribution in [0.15, 0.2) is 72.8 Å². The molecule has 3 aliphatic rings. The highest BCUT2D eigenvalue weighted by Gasteiger charge is 2.67. The van der Waals surface area contributed by atoms with E-state index in [0.717, 1.165) is 22.4 Å². The molecule has 1 aliphatic heterocycles. The fourth-order valence-electron chi connectivity index (χ4n) is 5.44. The summed E-state index contributed by atoms with van der Waals surface area (Å²) < 4.78 is 38.0. The number of Topliss-reactive ketones (excluding diaryl/α,β-unsaturated/α-hetero) is 1. The van der Waals surface area contributed by atoms with Crippen molar-refractivity contribution in [3.63, 3.8) is 0 Å². The van der Waals surface area contributed by atoms with Gasteiger partial charge in [-0.1, -0.05) is 48.5 Å². The molecule has 0 unspecified atom stereocenters. The number of nitrogens with zero attached hydrogens (tertiary/aromatic N) is 1. The Bertz CT molecular complexity index is 1460. The molecule has 0 bridgehead atoms. The van der Waals surface area contributed by atoms with Gasteiger partial charge in [0.05, 0.1) is 17.2 Å². The van der Waals surface area contributed by atoms with E-state index in [1.165, 1.54) is 12.1 Å². The Morgan fingerprint density at radius 1 is 1.00 bits per heavy atom. The minimum Gasteiger partial charge on any atom is -0.307 e. The lowest BCUT2D eigenvalue weighted by Crippen LogP contribution is -2.32. The number of ketones is 1. The number of rotatable bonds is 7. The van der Waals surface area contributed by atoms with Crippen LogP contribution < -0.4 is 4.90 Å². The SMILES string of the molecule is O=C(CS(=O)(=O)C1CC1)c1cccc(CN2C(=O)[C@@]3(C[C@H]3c3ccc(F)cc3)c3ccccc32)c1. The predicted octanol–water partition coefficient (Wildman–Crippen LogP) is 4.56. The van der Waals surface area contributed by atoms with Crippen molar-refractivity contribution in [1.29, 1.82) is 0 Å². The molecule has 0 saturated heterocycles. The van der Waals surface area contributed by atoms with Crippen LogP contribution >= 0.6 is 0 Å². The average molecular weight is 490 g/mol. The zero-order valence-electron chi connectivity index (χ0n) is 19.0. The Hall–Kier alpha value is -3.32. The van der Waals surface area contributed by atoms with Crippen LogP contribution in [-0.2, 0) is 26.6 Å². The summed E-state index contributed by atoms with van der Waals surface area (Å²) in [6, 6.07) is 21.0. The Balaban J connectivity index is 1.27. The summed E-state index contributed by atoms with van der Waals surface area (Å²) in [5.41, 5.74) is 3.22. The summed E-state index contributed by atoms with van der Waals surface area (Å²) in [6.45, 7) is 0.282. The highest BCUT2D eigenvalue weighted by Crippen LogP contribution is 2.66. The quantitative estimate of drug-likeness (QED) is 0.456. The lowest BCUT2D eigenvalue weighted by atomic mass is 9.92. The van der Waals surface area contributed by atoms with E-state index in [1.807, 2.05) is 30.3 Å². The minimum absolute atomic E-state index is 0.000987. The van der Waals surface area contributed by atoms with Crippen molar-refractivity contribution in [2.24, 2.45) is 0 Å². The van der Waals surface area contributed by atoms with Crippen molar-refractivity contribution in [3.05, 3.63) is 101 Å². The number of amides is 1. The number of carbonyl (C=O) groups excluding carboxylic acids is 2. The summed E-state index contributed by atoms with van der Waals surface area (Å²) in [5, 5.41) is -0.378. The van der Waals surface area contributed by atoms with E-state index < -0.39 is 26.8 Å². The third-order valence-corrected chi connectivity index (χ3v) is 9.64. The number of fused-ring (bicyclic) bond motifs is 2. The van der Waals surface area contributed by atoms with Crippen molar-refractivity contribution in [2.75, 3.05) is 10.7 Å². The van der Waals surface area contributed by atoms with Gasteiger partial charge < -0.3 is 4.90 Å². The maximum atomic E-state index is 13.8. The van der Waals surface area contributed by atoms with E-state index in [0.29, 0.717) is 24.8 Å². The molecule has 2 aliphatic carbocycles. The highest BCUT2D eigenvalue weighted by molar-refractivity contribution is 7.93. The Morgan fingerprint density at radius 2 is 1.74 bits per heavy atom. The number of hydrogen-bond acceptors (Lipinski definition) is 4. The van der Waals surface area contributed by atoms with E-state index in [9.17, 15) is 22.4 Å². The maximum absolute atomic E-state index is 13.8. The molecule has 6 rings (SSSR count). The van der Waals surface area contributed by atoms with Crippen molar-refractivity contribution in [3.8, 4) is 0 Å².